The van der Waals surface area contributed by atoms with E-state index in [0.29, 0.717) is 61.5 Å². The van der Waals surface area contributed by atoms with Crippen LogP contribution in [0.3, 0.4) is 0 Å². The number of carbonyl (C=O) groups is 2. The van der Waals surface area contributed by atoms with Crippen LogP contribution in [0.5, 0.6) is 11.5 Å². The molecule has 0 radical (unpaired) electrons. The standard InChI is InChI=1S/C26H32N2O6S/c1-3-13-34-19-8-7-18(17-20(19)33-4-2)23-22(24(29)21-6-5-16-35-21)25(30)26(31)28(23)10-9-27-11-14-32-15-12-27/h5-8,16-17,23,30H,3-4,9-15H2,1-2H3. The molecule has 1 fully saturated rings. The Balaban J connectivity index is 1.70. The number of rotatable bonds is 11. The third kappa shape index (κ3) is 5.52. The molecule has 2 aromatic rings. The zero-order valence-electron chi connectivity index (χ0n) is 20.2. The van der Waals surface area contributed by atoms with E-state index in [0.717, 1.165) is 19.5 Å². The third-order valence-electron chi connectivity index (χ3n) is 6.10. The van der Waals surface area contributed by atoms with Gasteiger partial charge in [-0.3, -0.25) is 14.5 Å². The van der Waals surface area contributed by atoms with Crippen molar-refractivity contribution in [2.75, 3.05) is 52.6 Å². The van der Waals surface area contributed by atoms with E-state index in [1.165, 1.54) is 11.3 Å². The van der Waals surface area contributed by atoms with Crippen LogP contribution in [0.15, 0.2) is 47.0 Å². The number of carbonyl (C=O) groups excluding carboxylic acids is 2. The van der Waals surface area contributed by atoms with E-state index in [4.69, 9.17) is 14.2 Å². The summed E-state index contributed by atoms with van der Waals surface area (Å²) in [5.41, 5.74) is 0.792. The van der Waals surface area contributed by atoms with Crippen LogP contribution < -0.4 is 9.47 Å². The normalized spacial score (nSPS) is 18.9. The lowest BCUT2D eigenvalue weighted by Gasteiger charge is -2.32. The van der Waals surface area contributed by atoms with E-state index >= 15 is 0 Å². The maximum atomic E-state index is 13.4. The molecule has 0 saturated carbocycles. The average Bonchev–Trinajstić information content (AvgIpc) is 3.50. The topological polar surface area (TPSA) is 88.5 Å². The minimum absolute atomic E-state index is 0.101. The van der Waals surface area contributed by atoms with Gasteiger partial charge in [0.2, 0.25) is 5.78 Å². The van der Waals surface area contributed by atoms with Gasteiger partial charge in [-0.2, -0.15) is 0 Å². The van der Waals surface area contributed by atoms with Gasteiger partial charge in [-0.15, -0.1) is 11.3 Å². The van der Waals surface area contributed by atoms with Crippen LogP contribution in [0.1, 0.15) is 41.5 Å². The first kappa shape index (κ1) is 25.2. The van der Waals surface area contributed by atoms with Crippen molar-refractivity contribution >= 4 is 23.0 Å². The van der Waals surface area contributed by atoms with Crippen LogP contribution in [0.2, 0.25) is 0 Å². The molecule has 3 heterocycles. The van der Waals surface area contributed by atoms with Crippen LogP contribution in [0.4, 0.5) is 0 Å². The molecule has 1 atom stereocenters. The molecule has 35 heavy (non-hydrogen) atoms. The summed E-state index contributed by atoms with van der Waals surface area (Å²) in [7, 11) is 0. The van der Waals surface area contributed by atoms with Crippen LogP contribution in [0.25, 0.3) is 0 Å². The number of nitrogens with zero attached hydrogens (tertiary/aromatic N) is 2. The molecule has 0 aliphatic carbocycles. The highest BCUT2D eigenvalue weighted by molar-refractivity contribution is 7.12. The first-order valence-corrected chi connectivity index (χ1v) is 12.9. The van der Waals surface area contributed by atoms with Gasteiger partial charge in [0.05, 0.1) is 42.9 Å². The Labute approximate surface area is 209 Å². The maximum Gasteiger partial charge on any atom is 0.290 e. The fourth-order valence-corrected chi connectivity index (χ4v) is 5.05. The molecule has 1 saturated heterocycles. The monoisotopic (exact) mass is 500 g/mol. The molecule has 1 N–H and O–H groups in total. The van der Waals surface area contributed by atoms with E-state index in [1.807, 2.05) is 32.0 Å². The summed E-state index contributed by atoms with van der Waals surface area (Å²) in [4.78, 5) is 31.0. The maximum absolute atomic E-state index is 13.4. The molecule has 0 bridgehead atoms. The fourth-order valence-electron chi connectivity index (χ4n) is 4.37. The minimum atomic E-state index is -0.724. The summed E-state index contributed by atoms with van der Waals surface area (Å²) < 4.78 is 17.1. The van der Waals surface area contributed by atoms with E-state index in [-0.39, 0.29) is 11.4 Å². The van der Waals surface area contributed by atoms with Crippen molar-refractivity contribution in [3.63, 3.8) is 0 Å². The van der Waals surface area contributed by atoms with Gasteiger partial charge in [-0.1, -0.05) is 19.1 Å². The van der Waals surface area contributed by atoms with Gasteiger partial charge in [0.1, 0.15) is 0 Å². The molecule has 1 aromatic heterocycles. The van der Waals surface area contributed by atoms with Crippen molar-refractivity contribution in [1.29, 1.82) is 0 Å². The number of aliphatic hydroxyl groups excluding tert-OH is 1. The molecule has 1 unspecified atom stereocenters. The molecule has 1 amide bonds. The quantitative estimate of drug-likeness (QED) is 0.469. The first-order valence-electron chi connectivity index (χ1n) is 12.1. The van der Waals surface area contributed by atoms with Gasteiger partial charge in [0, 0.05) is 26.2 Å². The first-order chi connectivity index (χ1) is 17.0. The van der Waals surface area contributed by atoms with E-state index in [2.05, 4.69) is 4.90 Å². The lowest BCUT2D eigenvalue weighted by Crippen LogP contribution is -2.43. The summed E-state index contributed by atoms with van der Waals surface area (Å²) in [6.45, 7) is 8.77. The number of amides is 1. The molecule has 8 nitrogen and oxygen atoms in total. The number of hydrogen-bond acceptors (Lipinski definition) is 8. The second kappa shape index (κ2) is 11.7. The number of aliphatic hydroxyl groups is 1. The van der Waals surface area contributed by atoms with Crippen LogP contribution in [0, 0.1) is 0 Å². The van der Waals surface area contributed by atoms with Gasteiger partial charge in [0.25, 0.3) is 5.91 Å². The summed E-state index contributed by atoms with van der Waals surface area (Å²) in [5, 5.41) is 12.7. The van der Waals surface area contributed by atoms with Gasteiger partial charge in [0.15, 0.2) is 17.3 Å². The second-order valence-corrected chi connectivity index (χ2v) is 9.36. The Hall–Kier alpha value is -2.88. The second-order valence-electron chi connectivity index (χ2n) is 8.41. The van der Waals surface area contributed by atoms with Crippen molar-refractivity contribution in [3.8, 4) is 11.5 Å². The Bertz CT molecular complexity index is 1060. The summed E-state index contributed by atoms with van der Waals surface area (Å²) in [5.74, 6) is -0.199. The number of Topliss-reactive ketones (excluding diaryl/α,β-unsaturated/α-hetero) is 1. The molecule has 4 rings (SSSR count). The Kier molecular flexibility index (Phi) is 8.43. The van der Waals surface area contributed by atoms with Crippen molar-refractivity contribution < 1.29 is 28.9 Å². The largest absolute Gasteiger partial charge is 0.503 e. The van der Waals surface area contributed by atoms with Crippen molar-refractivity contribution in [2.45, 2.75) is 26.3 Å². The zero-order chi connectivity index (χ0) is 24.8. The van der Waals surface area contributed by atoms with Gasteiger partial charge in [-0.25, -0.2) is 0 Å². The van der Waals surface area contributed by atoms with E-state index in [1.54, 1.807) is 22.4 Å². The summed E-state index contributed by atoms with van der Waals surface area (Å²) in [6, 6.07) is 8.23. The molecule has 2 aliphatic rings. The molecule has 0 spiro atoms. The Morgan fingerprint density at radius 1 is 1.14 bits per heavy atom. The predicted molar refractivity (Wildman–Crippen MR) is 133 cm³/mol. The van der Waals surface area contributed by atoms with Gasteiger partial charge in [-0.05, 0) is 42.5 Å². The summed E-state index contributed by atoms with van der Waals surface area (Å²) >= 11 is 1.29. The third-order valence-corrected chi connectivity index (χ3v) is 6.97. The smallest absolute Gasteiger partial charge is 0.290 e. The van der Waals surface area contributed by atoms with E-state index < -0.39 is 17.7 Å². The van der Waals surface area contributed by atoms with Crippen molar-refractivity contribution in [1.82, 2.24) is 9.80 Å². The highest BCUT2D eigenvalue weighted by atomic mass is 32.1. The van der Waals surface area contributed by atoms with Crippen LogP contribution >= 0.6 is 11.3 Å². The van der Waals surface area contributed by atoms with E-state index in [9.17, 15) is 14.7 Å². The predicted octanol–water partition coefficient (Wildman–Crippen LogP) is 3.85. The molecular weight excluding hydrogens is 468 g/mol. The van der Waals surface area contributed by atoms with Crippen molar-refractivity contribution in [2.24, 2.45) is 0 Å². The number of thiophene rings is 1. The van der Waals surface area contributed by atoms with Crippen molar-refractivity contribution in [3.05, 3.63) is 57.5 Å². The molecule has 2 aliphatic heterocycles. The fraction of sp³-hybridized carbons (Fsp3) is 0.462. The van der Waals surface area contributed by atoms with Gasteiger partial charge < -0.3 is 24.2 Å². The number of hydrogen-bond donors (Lipinski definition) is 1. The number of morpholine rings is 1. The summed E-state index contributed by atoms with van der Waals surface area (Å²) in [6.07, 6.45) is 0.857. The SMILES string of the molecule is CCCOc1ccc(C2C(C(=O)c3cccs3)=C(O)C(=O)N2CCN2CCOCC2)cc1OCC. The number of benzene rings is 1. The lowest BCUT2D eigenvalue weighted by molar-refractivity contribution is -0.129. The van der Waals surface area contributed by atoms with Crippen LogP contribution in [-0.4, -0.2) is 79.2 Å². The zero-order valence-corrected chi connectivity index (χ0v) is 21.0. The average molecular weight is 501 g/mol. The highest BCUT2D eigenvalue weighted by Gasteiger charge is 2.44. The molecule has 188 valence electrons. The molecular formula is C26H32N2O6S. The number of ketones is 1. The Morgan fingerprint density at radius 3 is 2.63 bits per heavy atom. The lowest BCUT2D eigenvalue weighted by atomic mass is 9.95. The molecule has 9 heteroatoms. The Morgan fingerprint density at radius 2 is 1.94 bits per heavy atom. The number of ether oxygens (including phenoxy) is 3. The highest BCUT2D eigenvalue weighted by Crippen LogP contribution is 2.42. The molecule has 1 aromatic carbocycles. The van der Waals surface area contributed by atoms with Crippen LogP contribution in [-0.2, 0) is 9.53 Å². The minimum Gasteiger partial charge on any atom is -0.503 e. The van der Waals surface area contributed by atoms with Gasteiger partial charge >= 0.3 is 0 Å².